The predicted octanol–water partition coefficient (Wildman–Crippen LogP) is 2.45. The van der Waals surface area contributed by atoms with Crippen molar-refractivity contribution in [3.05, 3.63) is 40.3 Å². The van der Waals surface area contributed by atoms with E-state index in [1.807, 2.05) is 6.07 Å². The molecule has 2 heterocycles. The summed E-state index contributed by atoms with van der Waals surface area (Å²) in [7, 11) is 3.25. The van der Waals surface area contributed by atoms with Gasteiger partial charge < -0.3 is 14.8 Å². The van der Waals surface area contributed by atoms with Gasteiger partial charge in [-0.05, 0) is 11.4 Å². The van der Waals surface area contributed by atoms with Crippen LogP contribution in [0, 0.1) is 0 Å². The fraction of sp³-hybridized carbons (Fsp3) is 0.308. The number of hydrogen-bond donors (Lipinski definition) is 1. The van der Waals surface area contributed by atoms with Gasteiger partial charge in [-0.3, -0.25) is 4.98 Å². The van der Waals surface area contributed by atoms with Gasteiger partial charge in [-0.15, -0.1) is 11.3 Å². The Morgan fingerprint density at radius 2 is 2.11 bits per heavy atom. The van der Waals surface area contributed by atoms with Gasteiger partial charge in [-0.25, -0.2) is 0 Å². The summed E-state index contributed by atoms with van der Waals surface area (Å²) >= 11 is 1.74. The van der Waals surface area contributed by atoms with Gasteiger partial charge in [0.25, 0.3) is 0 Å². The highest BCUT2D eigenvalue weighted by Gasteiger charge is 2.10. The number of thiophene rings is 1. The van der Waals surface area contributed by atoms with Crippen LogP contribution in [0.4, 0.5) is 0 Å². The lowest BCUT2D eigenvalue weighted by atomic mass is 10.3. The molecule has 0 aliphatic carbocycles. The number of ether oxygens (including phenoxy) is 2. The minimum Gasteiger partial charge on any atom is -0.493 e. The van der Waals surface area contributed by atoms with E-state index in [0.717, 1.165) is 12.2 Å². The molecule has 96 valence electrons. The van der Waals surface area contributed by atoms with E-state index >= 15 is 0 Å². The first-order valence-electron chi connectivity index (χ1n) is 5.64. The van der Waals surface area contributed by atoms with Crippen molar-refractivity contribution < 1.29 is 9.47 Å². The second-order valence-corrected chi connectivity index (χ2v) is 4.71. The van der Waals surface area contributed by atoms with E-state index in [0.29, 0.717) is 18.0 Å². The molecule has 5 heteroatoms. The molecular formula is C13H16N2O2S. The molecule has 0 spiro atoms. The summed E-state index contributed by atoms with van der Waals surface area (Å²) in [6.45, 7) is 1.48. The maximum atomic E-state index is 5.33. The first-order chi connectivity index (χ1) is 8.85. The van der Waals surface area contributed by atoms with Crippen LogP contribution in [0.1, 0.15) is 10.6 Å². The van der Waals surface area contributed by atoms with Crippen LogP contribution in [0.25, 0.3) is 0 Å². The van der Waals surface area contributed by atoms with Crippen molar-refractivity contribution in [1.29, 1.82) is 0 Å². The summed E-state index contributed by atoms with van der Waals surface area (Å²) in [4.78, 5) is 5.62. The van der Waals surface area contributed by atoms with Crippen molar-refractivity contribution in [2.75, 3.05) is 14.2 Å². The quantitative estimate of drug-likeness (QED) is 0.870. The van der Waals surface area contributed by atoms with Gasteiger partial charge in [0.15, 0.2) is 11.5 Å². The van der Waals surface area contributed by atoms with Crippen molar-refractivity contribution in [3.63, 3.8) is 0 Å². The summed E-state index contributed by atoms with van der Waals surface area (Å²) in [6, 6.07) is 5.95. The number of nitrogens with zero attached hydrogens (tertiary/aromatic N) is 1. The molecule has 18 heavy (non-hydrogen) atoms. The lowest BCUT2D eigenvalue weighted by Crippen LogP contribution is -2.14. The Kier molecular flexibility index (Phi) is 4.55. The van der Waals surface area contributed by atoms with Gasteiger partial charge in [-0.1, -0.05) is 6.07 Å². The molecule has 2 aromatic heterocycles. The van der Waals surface area contributed by atoms with Crippen LogP contribution in [0.2, 0.25) is 0 Å². The zero-order chi connectivity index (χ0) is 12.8. The maximum absolute atomic E-state index is 5.33. The predicted molar refractivity (Wildman–Crippen MR) is 72.2 cm³/mol. The normalized spacial score (nSPS) is 10.3. The van der Waals surface area contributed by atoms with Crippen molar-refractivity contribution in [1.82, 2.24) is 10.3 Å². The van der Waals surface area contributed by atoms with E-state index < -0.39 is 0 Å². The molecule has 0 amide bonds. The summed E-state index contributed by atoms with van der Waals surface area (Å²) in [5.41, 5.74) is 0.855. The number of rotatable bonds is 6. The monoisotopic (exact) mass is 264 g/mol. The largest absolute Gasteiger partial charge is 0.493 e. The SMILES string of the molecule is COc1ccnc(CNCc2cccs2)c1OC. The van der Waals surface area contributed by atoms with Crippen molar-refractivity contribution >= 4 is 11.3 Å². The highest BCUT2D eigenvalue weighted by molar-refractivity contribution is 7.09. The molecule has 2 aromatic rings. The van der Waals surface area contributed by atoms with Crippen LogP contribution in [0.5, 0.6) is 11.5 Å². The first kappa shape index (κ1) is 12.9. The summed E-state index contributed by atoms with van der Waals surface area (Å²) in [5.74, 6) is 1.40. The Bertz CT molecular complexity index is 486. The minimum atomic E-state index is 0.651. The molecule has 0 saturated heterocycles. The van der Waals surface area contributed by atoms with Gasteiger partial charge in [0.2, 0.25) is 0 Å². The highest BCUT2D eigenvalue weighted by Crippen LogP contribution is 2.28. The molecule has 0 bridgehead atoms. The van der Waals surface area contributed by atoms with E-state index in [2.05, 4.69) is 21.7 Å². The molecule has 0 saturated carbocycles. The second kappa shape index (κ2) is 6.37. The number of aromatic nitrogens is 1. The third kappa shape index (κ3) is 3.00. The average molecular weight is 264 g/mol. The molecule has 0 aliphatic rings. The molecule has 4 nitrogen and oxygen atoms in total. The first-order valence-corrected chi connectivity index (χ1v) is 6.52. The third-order valence-electron chi connectivity index (χ3n) is 2.54. The van der Waals surface area contributed by atoms with Crippen LogP contribution in [0.3, 0.4) is 0 Å². The Morgan fingerprint density at radius 1 is 1.22 bits per heavy atom. The van der Waals surface area contributed by atoms with E-state index in [-0.39, 0.29) is 0 Å². The third-order valence-corrected chi connectivity index (χ3v) is 3.41. The van der Waals surface area contributed by atoms with Crippen LogP contribution >= 0.6 is 11.3 Å². The lowest BCUT2D eigenvalue weighted by molar-refractivity contribution is 0.348. The van der Waals surface area contributed by atoms with Crippen LogP contribution in [-0.4, -0.2) is 19.2 Å². The Hall–Kier alpha value is -1.59. The van der Waals surface area contributed by atoms with Gasteiger partial charge in [0.05, 0.1) is 19.9 Å². The number of nitrogens with one attached hydrogen (secondary N) is 1. The molecule has 0 unspecified atom stereocenters. The van der Waals surface area contributed by atoms with Crippen molar-refractivity contribution in [3.8, 4) is 11.5 Å². The maximum Gasteiger partial charge on any atom is 0.183 e. The topological polar surface area (TPSA) is 43.4 Å². The van der Waals surface area contributed by atoms with E-state index in [1.165, 1.54) is 4.88 Å². The smallest absolute Gasteiger partial charge is 0.183 e. The molecule has 0 fully saturated rings. The Morgan fingerprint density at radius 3 is 2.78 bits per heavy atom. The molecule has 0 aliphatic heterocycles. The molecule has 0 aromatic carbocycles. The lowest BCUT2D eigenvalue weighted by Gasteiger charge is -2.11. The van der Waals surface area contributed by atoms with Crippen LogP contribution < -0.4 is 14.8 Å². The van der Waals surface area contributed by atoms with Crippen molar-refractivity contribution in [2.45, 2.75) is 13.1 Å². The van der Waals surface area contributed by atoms with Gasteiger partial charge >= 0.3 is 0 Å². The Balaban J connectivity index is 2.00. The molecule has 0 radical (unpaired) electrons. The average Bonchev–Trinajstić information content (AvgIpc) is 2.91. The van der Waals surface area contributed by atoms with E-state index in [4.69, 9.17) is 9.47 Å². The highest BCUT2D eigenvalue weighted by atomic mass is 32.1. The standard InChI is InChI=1S/C13H16N2O2S/c1-16-12-5-6-15-11(13(12)17-2)9-14-8-10-4-3-7-18-10/h3-7,14H,8-9H2,1-2H3. The van der Waals surface area contributed by atoms with E-state index in [9.17, 15) is 0 Å². The van der Waals surface area contributed by atoms with Crippen molar-refractivity contribution in [2.24, 2.45) is 0 Å². The van der Waals surface area contributed by atoms with E-state index in [1.54, 1.807) is 37.8 Å². The van der Waals surface area contributed by atoms with Gasteiger partial charge in [-0.2, -0.15) is 0 Å². The van der Waals surface area contributed by atoms with Gasteiger partial charge in [0, 0.05) is 30.2 Å². The fourth-order valence-electron chi connectivity index (χ4n) is 1.69. The number of pyridine rings is 1. The fourth-order valence-corrected chi connectivity index (χ4v) is 2.37. The number of hydrogen-bond acceptors (Lipinski definition) is 5. The zero-order valence-electron chi connectivity index (χ0n) is 10.5. The summed E-state index contributed by atoms with van der Waals surface area (Å²) < 4.78 is 10.6. The Labute approximate surface area is 111 Å². The van der Waals surface area contributed by atoms with Crippen LogP contribution in [0.15, 0.2) is 29.8 Å². The van der Waals surface area contributed by atoms with Crippen LogP contribution in [-0.2, 0) is 13.1 Å². The molecule has 2 rings (SSSR count). The number of methoxy groups -OCH3 is 2. The molecule has 1 N–H and O–H groups in total. The summed E-state index contributed by atoms with van der Waals surface area (Å²) in [5, 5.41) is 5.41. The summed E-state index contributed by atoms with van der Waals surface area (Å²) in [6.07, 6.45) is 1.73. The van der Waals surface area contributed by atoms with Gasteiger partial charge in [0.1, 0.15) is 0 Å². The second-order valence-electron chi connectivity index (χ2n) is 3.68. The molecule has 0 atom stereocenters. The minimum absolute atomic E-state index is 0.651. The zero-order valence-corrected chi connectivity index (χ0v) is 11.3. The molecular weight excluding hydrogens is 248 g/mol.